The van der Waals surface area contributed by atoms with Crippen molar-refractivity contribution >= 4 is 10.8 Å². The lowest BCUT2D eigenvalue weighted by molar-refractivity contribution is 0.470. The zero-order valence-electron chi connectivity index (χ0n) is 11.9. The van der Waals surface area contributed by atoms with Crippen LogP contribution in [0, 0.1) is 0 Å². The molecule has 0 aliphatic carbocycles. The Balaban J connectivity index is 2.47. The Kier molecular flexibility index (Phi) is 6.58. The molecule has 2 nitrogen and oxygen atoms in total. The topological polar surface area (TPSA) is 29.1 Å². The number of hydrogen-bond donors (Lipinski definition) is 1. The van der Waals surface area contributed by atoms with Crippen LogP contribution in [0.3, 0.4) is 0 Å². The average Bonchev–Trinajstić information content (AvgIpc) is 2.36. The van der Waals surface area contributed by atoms with Crippen molar-refractivity contribution in [2.24, 2.45) is 0 Å². The number of benzene rings is 1. The van der Waals surface area contributed by atoms with Gasteiger partial charge in [0.1, 0.15) is 0 Å². The molecule has 102 valence electrons. The molecule has 1 aromatic rings. The second kappa shape index (κ2) is 7.70. The SMILES string of the molecule is CCc1ccc(C(C)NC(C)CCS(C)=O)cc1. The molecule has 1 N–H and O–H groups in total. The van der Waals surface area contributed by atoms with Gasteiger partial charge in [-0.3, -0.25) is 4.21 Å². The summed E-state index contributed by atoms with van der Waals surface area (Å²) in [7, 11) is -0.690. The van der Waals surface area contributed by atoms with Gasteiger partial charge in [-0.2, -0.15) is 0 Å². The molecule has 0 heterocycles. The van der Waals surface area contributed by atoms with Crippen LogP contribution in [-0.2, 0) is 17.2 Å². The van der Waals surface area contributed by atoms with E-state index < -0.39 is 10.8 Å². The number of nitrogens with one attached hydrogen (secondary N) is 1. The highest BCUT2D eigenvalue weighted by molar-refractivity contribution is 7.84. The summed E-state index contributed by atoms with van der Waals surface area (Å²) in [5, 5.41) is 3.55. The van der Waals surface area contributed by atoms with Crippen molar-refractivity contribution in [3.05, 3.63) is 35.4 Å². The van der Waals surface area contributed by atoms with Crippen molar-refractivity contribution in [3.8, 4) is 0 Å². The second-order valence-corrected chi connectivity index (χ2v) is 6.51. The van der Waals surface area contributed by atoms with Crippen molar-refractivity contribution in [2.45, 2.75) is 45.7 Å². The van der Waals surface area contributed by atoms with Gasteiger partial charge in [0.15, 0.2) is 0 Å². The Bertz CT molecular complexity index is 375. The quantitative estimate of drug-likeness (QED) is 0.822. The highest BCUT2D eigenvalue weighted by Gasteiger charge is 2.09. The molecule has 3 unspecified atom stereocenters. The fourth-order valence-corrected chi connectivity index (χ4v) is 2.68. The third-order valence-electron chi connectivity index (χ3n) is 3.26. The smallest absolute Gasteiger partial charge is 0.0294 e. The van der Waals surface area contributed by atoms with Crippen molar-refractivity contribution in [2.75, 3.05) is 12.0 Å². The molecule has 0 spiro atoms. The summed E-state index contributed by atoms with van der Waals surface area (Å²) >= 11 is 0. The molecule has 0 amide bonds. The molecular formula is C15H25NOS. The van der Waals surface area contributed by atoms with Gasteiger partial charge in [0, 0.05) is 34.9 Å². The Hall–Kier alpha value is -0.670. The average molecular weight is 267 g/mol. The van der Waals surface area contributed by atoms with E-state index in [0.717, 1.165) is 18.6 Å². The lowest BCUT2D eigenvalue weighted by Crippen LogP contribution is -2.30. The third kappa shape index (κ3) is 5.32. The first-order valence-electron chi connectivity index (χ1n) is 6.67. The van der Waals surface area contributed by atoms with Crippen molar-refractivity contribution < 1.29 is 4.21 Å². The Morgan fingerprint density at radius 1 is 1.22 bits per heavy atom. The van der Waals surface area contributed by atoms with Gasteiger partial charge < -0.3 is 5.32 Å². The van der Waals surface area contributed by atoms with E-state index in [-0.39, 0.29) is 0 Å². The van der Waals surface area contributed by atoms with E-state index in [9.17, 15) is 4.21 Å². The summed E-state index contributed by atoms with van der Waals surface area (Å²) in [6.45, 7) is 6.51. The van der Waals surface area contributed by atoms with Gasteiger partial charge in [0.2, 0.25) is 0 Å². The van der Waals surface area contributed by atoms with Gasteiger partial charge in [-0.15, -0.1) is 0 Å². The van der Waals surface area contributed by atoms with Gasteiger partial charge in [-0.05, 0) is 37.8 Å². The van der Waals surface area contributed by atoms with Gasteiger partial charge in [0.25, 0.3) is 0 Å². The third-order valence-corrected chi connectivity index (χ3v) is 4.07. The molecule has 0 saturated carbocycles. The summed E-state index contributed by atoms with van der Waals surface area (Å²) in [5.41, 5.74) is 2.69. The minimum absolute atomic E-state index is 0.344. The predicted octanol–water partition coefficient (Wildman–Crippen LogP) is 3.06. The summed E-state index contributed by atoms with van der Waals surface area (Å²) < 4.78 is 11.1. The molecule has 1 rings (SSSR count). The molecule has 0 saturated heterocycles. The van der Waals surface area contributed by atoms with Crippen molar-refractivity contribution in [3.63, 3.8) is 0 Å². The largest absolute Gasteiger partial charge is 0.308 e. The molecule has 0 fully saturated rings. The van der Waals surface area contributed by atoms with E-state index in [4.69, 9.17) is 0 Å². The van der Waals surface area contributed by atoms with E-state index in [1.165, 1.54) is 11.1 Å². The zero-order chi connectivity index (χ0) is 13.5. The molecule has 0 aromatic heterocycles. The molecule has 0 aliphatic heterocycles. The highest BCUT2D eigenvalue weighted by atomic mass is 32.2. The van der Waals surface area contributed by atoms with E-state index in [1.54, 1.807) is 6.26 Å². The molecule has 3 heteroatoms. The maximum atomic E-state index is 11.1. The van der Waals surface area contributed by atoms with Crippen LogP contribution in [0.5, 0.6) is 0 Å². The molecule has 3 atom stereocenters. The monoisotopic (exact) mass is 267 g/mol. The normalized spacial score (nSPS) is 16.2. The van der Waals surface area contributed by atoms with Crippen LogP contribution in [0.15, 0.2) is 24.3 Å². The summed E-state index contributed by atoms with van der Waals surface area (Å²) in [6.07, 6.45) is 3.81. The van der Waals surface area contributed by atoms with Crippen LogP contribution < -0.4 is 5.32 Å². The second-order valence-electron chi connectivity index (χ2n) is 4.95. The Morgan fingerprint density at radius 2 is 1.83 bits per heavy atom. The summed E-state index contributed by atoms with van der Waals surface area (Å²) in [5.74, 6) is 0.773. The van der Waals surface area contributed by atoms with Gasteiger partial charge in [-0.25, -0.2) is 0 Å². The van der Waals surface area contributed by atoms with Crippen LogP contribution in [0.1, 0.15) is 44.4 Å². The molecule has 18 heavy (non-hydrogen) atoms. The first kappa shape index (κ1) is 15.4. The van der Waals surface area contributed by atoms with E-state index in [1.807, 2.05) is 0 Å². The highest BCUT2D eigenvalue weighted by Crippen LogP contribution is 2.15. The van der Waals surface area contributed by atoms with Crippen molar-refractivity contribution in [1.82, 2.24) is 5.32 Å². The molecule has 0 radical (unpaired) electrons. The predicted molar refractivity (Wildman–Crippen MR) is 80.4 cm³/mol. The Morgan fingerprint density at radius 3 is 2.33 bits per heavy atom. The van der Waals surface area contributed by atoms with Crippen LogP contribution >= 0.6 is 0 Å². The minimum atomic E-state index is -0.690. The summed E-state index contributed by atoms with van der Waals surface area (Å²) in [4.78, 5) is 0. The first-order valence-corrected chi connectivity index (χ1v) is 8.40. The first-order chi connectivity index (χ1) is 8.52. The molecule has 0 bridgehead atoms. The van der Waals surface area contributed by atoms with Crippen LogP contribution in [0.2, 0.25) is 0 Å². The minimum Gasteiger partial charge on any atom is -0.308 e. The lowest BCUT2D eigenvalue weighted by atomic mass is 10.0. The molecule has 1 aromatic carbocycles. The fourth-order valence-electron chi connectivity index (χ4n) is 1.99. The van der Waals surface area contributed by atoms with E-state index in [2.05, 4.69) is 50.4 Å². The van der Waals surface area contributed by atoms with Gasteiger partial charge in [0.05, 0.1) is 0 Å². The fraction of sp³-hybridized carbons (Fsp3) is 0.600. The Labute approximate surface area is 114 Å². The van der Waals surface area contributed by atoms with E-state index in [0.29, 0.717) is 12.1 Å². The number of aryl methyl sites for hydroxylation is 1. The van der Waals surface area contributed by atoms with Gasteiger partial charge >= 0.3 is 0 Å². The maximum Gasteiger partial charge on any atom is 0.0294 e. The number of rotatable bonds is 7. The maximum absolute atomic E-state index is 11.1. The molecule has 0 aliphatic rings. The summed E-state index contributed by atoms with van der Waals surface area (Å²) in [6, 6.07) is 9.52. The molecular weight excluding hydrogens is 242 g/mol. The zero-order valence-corrected chi connectivity index (χ0v) is 12.7. The lowest BCUT2D eigenvalue weighted by Gasteiger charge is -2.20. The van der Waals surface area contributed by atoms with Crippen LogP contribution in [0.4, 0.5) is 0 Å². The van der Waals surface area contributed by atoms with Crippen LogP contribution in [0.25, 0.3) is 0 Å². The van der Waals surface area contributed by atoms with E-state index >= 15 is 0 Å². The van der Waals surface area contributed by atoms with Gasteiger partial charge in [-0.1, -0.05) is 31.2 Å². The standard InChI is InChI=1S/C15H25NOS/c1-5-14-6-8-15(9-7-14)13(3)16-12(2)10-11-18(4)17/h6-9,12-13,16H,5,10-11H2,1-4H3. The number of hydrogen-bond acceptors (Lipinski definition) is 2. The van der Waals surface area contributed by atoms with Crippen LogP contribution in [-0.4, -0.2) is 22.3 Å². The van der Waals surface area contributed by atoms with Crippen molar-refractivity contribution in [1.29, 1.82) is 0 Å².